The molecule has 1 saturated heterocycles. The van der Waals surface area contributed by atoms with Crippen LogP contribution in [-0.2, 0) is 0 Å². The van der Waals surface area contributed by atoms with Crippen LogP contribution < -0.4 is 10.5 Å². The van der Waals surface area contributed by atoms with Crippen LogP contribution >= 0.6 is 0 Å². The third-order valence-electron chi connectivity index (χ3n) is 5.55. The van der Waals surface area contributed by atoms with Gasteiger partial charge in [0.1, 0.15) is 11.5 Å². The highest BCUT2D eigenvalue weighted by atomic mass is 16.1. The van der Waals surface area contributed by atoms with E-state index in [9.17, 15) is 4.79 Å². The van der Waals surface area contributed by atoms with Gasteiger partial charge in [0.25, 0.3) is 5.56 Å². The van der Waals surface area contributed by atoms with Gasteiger partial charge in [-0.15, -0.1) is 5.10 Å². The molecule has 0 unspecified atom stereocenters. The van der Waals surface area contributed by atoms with Gasteiger partial charge in [-0.3, -0.25) is 9.36 Å². The van der Waals surface area contributed by atoms with Crippen molar-refractivity contribution < 1.29 is 0 Å². The summed E-state index contributed by atoms with van der Waals surface area (Å²) in [5, 5.41) is 4.80. The molecule has 154 valence electrons. The van der Waals surface area contributed by atoms with Gasteiger partial charge >= 0.3 is 0 Å². The second-order valence-corrected chi connectivity index (χ2v) is 7.89. The Balaban J connectivity index is 1.64. The summed E-state index contributed by atoms with van der Waals surface area (Å²) in [5.74, 6) is 1.54. The Morgan fingerprint density at radius 1 is 1.03 bits per heavy atom. The fourth-order valence-electron chi connectivity index (χ4n) is 4.02. The number of anilines is 1. The Morgan fingerprint density at radius 3 is 2.53 bits per heavy atom. The Kier molecular flexibility index (Phi) is 4.57. The lowest BCUT2D eigenvalue weighted by atomic mass is 10.1. The van der Waals surface area contributed by atoms with E-state index in [1.807, 2.05) is 32.2 Å². The molecule has 5 rings (SSSR count). The Labute approximate surface area is 173 Å². The summed E-state index contributed by atoms with van der Waals surface area (Å²) in [4.78, 5) is 31.7. The first kappa shape index (κ1) is 18.5. The number of nitrogens with one attached hydrogen (secondary N) is 1. The predicted molar refractivity (Wildman–Crippen MR) is 115 cm³/mol. The molecule has 0 spiro atoms. The van der Waals surface area contributed by atoms with E-state index in [0.717, 1.165) is 30.2 Å². The van der Waals surface area contributed by atoms with Gasteiger partial charge in [-0.2, -0.15) is 0 Å². The second kappa shape index (κ2) is 7.40. The first-order valence-electron chi connectivity index (χ1n) is 10.3. The summed E-state index contributed by atoms with van der Waals surface area (Å²) < 4.78 is 3.26. The predicted octanol–water partition coefficient (Wildman–Crippen LogP) is 2.91. The minimum atomic E-state index is -0.180. The molecule has 4 aromatic rings. The Hall–Kier alpha value is -3.49. The zero-order chi connectivity index (χ0) is 20.7. The topological polar surface area (TPSA) is 97.0 Å². The minimum absolute atomic E-state index is 0.0703. The average molecular weight is 404 g/mol. The number of H-pyrrole nitrogens is 1. The van der Waals surface area contributed by atoms with Crippen LogP contribution in [0.1, 0.15) is 39.2 Å². The highest BCUT2D eigenvalue weighted by molar-refractivity contribution is 5.61. The molecule has 5 heterocycles. The van der Waals surface area contributed by atoms with Crippen molar-refractivity contribution in [3.63, 3.8) is 0 Å². The van der Waals surface area contributed by atoms with Gasteiger partial charge in [0.2, 0.25) is 5.65 Å². The fourth-order valence-corrected chi connectivity index (χ4v) is 4.02. The van der Waals surface area contributed by atoms with Crippen molar-refractivity contribution in [2.24, 2.45) is 0 Å². The summed E-state index contributed by atoms with van der Waals surface area (Å²) in [6.07, 6.45) is 10.4. The molecule has 0 atom stereocenters. The molecular weight excluding hydrogens is 380 g/mol. The normalized spacial score (nSPS) is 14.7. The molecule has 0 saturated carbocycles. The smallest absolute Gasteiger partial charge is 0.297 e. The fraction of sp³-hybridized carbons (Fsp3) is 0.381. The van der Waals surface area contributed by atoms with Gasteiger partial charge in [-0.25, -0.2) is 19.5 Å². The molecule has 1 N–H and O–H groups in total. The molecule has 0 aliphatic carbocycles. The minimum Gasteiger partial charge on any atom is -0.357 e. The number of pyridine rings is 1. The van der Waals surface area contributed by atoms with Gasteiger partial charge in [0.15, 0.2) is 5.82 Å². The number of hydrogen-bond donors (Lipinski definition) is 1. The molecule has 1 fully saturated rings. The van der Waals surface area contributed by atoms with E-state index in [2.05, 4.69) is 24.8 Å². The van der Waals surface area contributed by atoms with E-state index in [1.165, 1.54) is 19.3 Å². The molecule has 0 bridgehead atoms. The van der Waals surface area contributed by atoms with Crippen molar-refractivity contribution in [3.8, 4) is 22.8 Å². The number of rotatable bonds is 4. The molecule has 1 aliphatic heterocycles. The van der Waals surface area contributed by atoms with Crippen LogP contribution in [0, 0.1) is 0 Å². The van der Waals surface area contributed by atoms with Crippen LogP contribution in [0.2, 0.25) is 0 Å². The Morgan fingerprint density at radius 2 is 1.87 bits per heavy atom. The standard InChI is InChI=1S/C21H24N8O/c1-14(2)28-19(15-6-7-18(23-10-15)27-8-4-3-5-9-27)26-29-17(16-11-22-13-25-16)12-24-20(29)21(28)30/h6-7,10-14H,3-5,8-9H2,1-2H3,(H,22,25). The lowest BCUT2D eigenvalue weighted by molar-refractivity contribution is 0.565. The van der Waals surface area contributed by atoms with E-state index in [1.54, 1.807) is 27.8 Å². The van der Waals surface area contributed by atoms with Crippen molar-refractivity contribution in [2.75, 3.05) is 18.0 Å². The molecule has 4 aromatic heterocycles. The average Bonchev–Trinajstić information content (AvgIpc) is 3.44. The second-order valence-electron chi connectivity index (χ2n) is 7.89. The van der Waals surface area contributed by atoms with Crippen LogP contribution in [0.5, 0.6) is 0 Å². The number of aromatic nitrogens is 7. The molecule has 30 heavy (non-hydrogen) atoms. The number of piperidine rings is 1. The maximum absolute atomic E-state index is 13.2. The monoisotopic (exact) mass is 404 g/mol. The summed E-state index contributed by atoms with van der Waals surface area (Å²) >= 11 is 0. The lowest BCUT2D eigenvalue weighted by Crippen LogP contribution is -2.30. The third-order valence-corrected chi connectivity index (χ3v) is 5.55. The van der Waals surface area contributed by atoms with Crippen molar-refractivity contribution >= 4 is 11.5 Å². The van der Waals surface area contributed by atoms with Crippen LogP contribution in [-0.4, -0.2) is 47.2 Å². The number of imidazole rings is 2. The maximum atomic E-state index is 13.2. The first-order valence-corrected chi connectivity index (χ1v) is 10.3. The van der Waals surface area contributed by atoms with Crippen molar-refractivity contribution in [1.82, 2.24) is 34.1 Å². The first-order chi connectivity index (χ1) is 14.6. The quantitative estimate of drug-likeness (QED) is 0.562. The summed E-state index contributed by atoms with van der Waals surface area (Å²) in [7, 11) is 0. The molecule has 0 aromatic carbocycles. The summed E-state index contributed by atoms with van der Waals surface area (Å²) in [6.45, 7) is 6.01. The van der Waals surface area contributed by atoms with Crippen LogP contribution in [0.25, 0.3) is 28.4 Å². The number of nitrogens with zero attached hydrogens (tertiary/aromatic N) is 7. The van der Waals surface area contributed by atoms with E-state index in [-0.39, 0.29) is 17.2 Å². The maximum Gasteiger partial charge on any atom is 0.297 e. The number of aromatic amines is 1. The van der Waals surface area contributed by atoms with E-state index in [0.29, 0.717) is 11.5 Å². The van der Waals surface area contributed by atoms with Crippen LogP contribution in [0.3, 0.4) is 0 Å². The van der Waals surface area contributed by atoms with E-state index in [4.69, 9.17) is 5.10 Å². The Bertz CT molecular complexity index is 1210. The molecule has 0 amide bonds. The van der Waals surface area contributed by atoms with Gasteiger partial charge in [0, 0.05) is 30.9 Å². The highest BCUT2D eigenvalue weighted by Gasteiger charge is 2.20. The summed E-state index contributed by atoms with van der Waals surface area (Å²) in [6, 6.07) is 3.95. The van der Waals surface area contributed by atoms with Crippen molar-refractivity contribution in [3.05, 3.63) is 47.4 Å². The highest BCUT2D eigenvalue weighted by Crippen LogP contribution is 2.24. The molecular formula is C21H24N8O. The zero-order valence-electron chi connectivity index (χ0n) is 17.1. The number of fused-ring (bicyclic) bond motifs is 1. The van der Waals surface area contributed by atoms with Crippen LogP contribution in [0.4, 0.5) is 5.82 Å². The van der Waals surface area contributed by atoms with Crippen molar-refractivity contribution in [2.45, 2.75) is 39.2 Å². The van der Waals surface area contributed by atoms with Gasteiger partial charge in [-0.1, -0.05) is 0 Å². The lowest BCUT2D eigenvalue weighted by Gasteiger charge is -2.27. The van der Waals surface area contributed by atoms with Crippen molar-refractivity contribution in [1.29, 1.82) is 0 Å². The SMILES string of the molecule is CC(C)n1c(-c2ccc(N3CCCCC3)nc2)nn2c(-c3cnc[nH]3)cnc2c1=O. The molecule has 0 radical (unpaired) electrons. The van der Waals surface area contributed by atoms with E-state index >= 15 is 0 Å². The van der Waals surface area contributed by atoms with Gasteiger partial charge in [0.05, 0.1) is 24.4 Å². The number of hydrogen-bond acceptors (Lipinski definition) is 6. The third kappa shape index (κ3) is 3.06. The largest absolute Gasteiger partial charge is 0.357 e. The summed E-state index contributed by atoms with van der Waals surface area (Å²) in [5.41, 5.74) is 2.35. The van der Waals surface area contributed by atoms with Crippen LogP contribution in [0.15, 0.2) is 41.8 Å². The van der Waals surface area contributed by atoms with E-state index < -0.39 is 0 Å². The van der Waals surface area contributed by atoms with Gasteiger partial charge < -0.3 is 9.88 Å². The molecule has 9 nitrogen and oxygen atoms in total. The molecule has 9 heteroatoms. The zero-order valence-corrected chi connectivity index (χ0v) is 17.1. The molecule has 1 aliphatic rings. The van der Waals surface area contributed by atoms with Gasteiger partial charge in [-0.05, 0) is 45.2 Å².